The van der Waals surface area contributed by atoms with Crippen LogP contribution >= 0.6 is 0 Å². The van der Waals surface area contributed by atoms with E-state index >= 15 is 0 Å². The Balaban J connectivity index is 2.77. The lowest BCUT2D eigenvalue weighted by Crippen LogP contribution is -2.09. The maximum atomic E-state index is 5.58. The van der Waals surface area contributed by atoms with E-state index in [1.807, 2.05) is 13.8 Å². The van der Waals surface area contributed by atoms with Crippen LogP contribution in [-0.4, -0.2) is 13.2 Å². The van der Waals surface area contributed by atoms with Crippen molar-refractivity contribution in [2.45, 2.75) is 39.9 Å². The Kier molecular flexibility index (Phi) is 6.12. The molecule has 0 atom stereocenters. The molecule has 2 heteroatoms. The fraction of sp³-hybridized carbons (Fsp3) is 0.571. The molecule has 16 heavy (non-hydrogen) atoms. The SMILES string of the molecule is CCCc1cccc(C(OCC)OCC)c1. The second-order valence-corrected chi connectivity index (χ2v) is 3.74. The minimum atomic E-state index is -0.216. The lowest BCUT2D eigenvalue weighted by Gasteiger charge is -2.17. The van der Waals surface area contributed by atoms with Gasteiger partial charge in [-0.1, -0.05) is 37.6 Å². The van der Waals surface area contributed by atoms with Gasteiger partial charge in [0.1, 0.15) is 0 Å². The van der Waals surface area contributed by atoms with E-state index in [1.165, 1.54) is 5.56 Å². The molecule has 0 fully saturated rings. The highest BCUT2D eigenvalue weighted by atomic mass is 16.7. The van der Waals surface area contributed by atoms with Crippen LogP contribution in [0.25, 0.3) is 0 Å². The van der Waals surface area contributed by atoms with E-state index in [1.54, 1.807) is 0 Å². The second-order valence-electron chi connectivity index (χ2n) is 3.74. The quantitative estimate of drug-likeness (QED) is 0.655. The molecule has 0 N–H and O–H groups in total. The topological polar surface area (TPSA) is 18.5 Å². The van der Waals surface area contributed by atoms with Gasteiger partial charge in [-0.15, -0.1) is 0 Å². The number of hydrogen-bond acceptors (Lipinski definition) is 2. The third-order valence-corrected chi connectivity index (χ3v) is 2.40. The van der Waals surface area contributed by atoms with E-state index in [9.17, 15) is 0 Å². The molecule has 0 aromatic heterocycles. The first-order valence-electron chi connectivity index (χ1n) is 6.13. The molecule has 0 aliphatic carbocycles. The minimum Gasteiger partial charge on any atom is -0.349 e. The number of rotatable bonds is 7. The molecular formula is C14H22O2. The van der Waals surface area contributed by atoms with Crippen LogP contribution in [0.2, 0.25) is 0 Å². The van der Waals surface area contributed by atoms with Crippen molar-refractivity contribution in [1.29, 1.82) is 0 Å². The van der Waals surface area contributed by atoms with Crippen LogP contribution in [0.15, 0.2) is 24.3 Å². The zero-order valence-electron chi connectivity index (χ0n) is 10.5. The Morgan fingerprint density at radius 1 is 1.06 bits per heavy atom. The van der Waals surface area contributed by atoms with Gasteiger partial charge in [-0.2, -0.15) is 0 Å². The zero-order valence-corrected chi connectivity index (χ0v) is 10.5. The third kappa shape index (κ3) is 3.95. The monoisotopic (exact) mass is 222 g/mol. The standard InChI is InChI=1S/C14H22O2/c1-4-8-12-9-7-10-13(11-12)14(15-5-2)16-6-3/h7,9-11,14H,4-6,8H2,1-3H3. The van der Waals surface area contributed by atoms with E-state index in [2.05, 4.69) is 31.2 Å². The lowest BCUT2D eigenvalue weighted by atomic mass is 10.1. The van der Waals surface area contributed by atoms with E-state index in [4.69, 9.17) is 9.47 Å². The van der Waals surface area contributed by atoms with Gasteiger partial charge in [0.2, 0.25) is 0 Å². The van der Waals surface area contributed by atoms with Crippen molar-refractivity contribution in [2.24, 2.45) is 0 Å². The third-order valence-electron chi connectivity index (χ3n) is 2.40. The van der Waals surface area contributed by atoms with Crippen LogP contribution in [0.5, 0.6) is 0 Å². The minimum absolute atomic E-state index is 0.216. The van der Waals surface area contributed by atoms with Crippen molar-refractivity contribution >= 4 is 0 Å². The summed E-state index contributed by atoms with van der Waals surface area (Å²) in [5.41, 5.74) is 2.47. The van der Waals surface area contributed by atoms with Crippen molar-refractivity contribution in [2.75, 3.05) is 13.2 Å². The highest BCUT2D eigenvalue weighted by molar-refractivity contribution is 5.24. The van der Waals surface area contributed by atoms with E-state index < -0.39 is 0 Å². The maximum absolute atomic E-state index is 5.58. The summed E-state index contributed by atoms with van der Waals surface area (Å²) in [6.07, 6.45) is 2.06. The summed E-state index contributed by atoms with van der Waals surface area (Å²) in [5.74, 6) is 0. The molecule has 0 saturated heterocycles. The molecule has 0 radical (unpaired) electrons. The Hall–Kier alpha value is -0.860. The fourth-order valence-corrected chi connectivity index (χ4v) is 1.73. The summed E-state index contributed by atoms with van der Waals surface area (Å²) in [5, 5.41) is 0. The number of benzene rings is 1. The van der Waals surface area contributed by atoms with Crippen molar-refractivity contribution in [3.05, 3.63) is 35.4 Å². The lowest BCUT2D eigenvalue weighted by molar-refractivity contribution is -0.140. The van der Waals surface area contributed by atoms with Gasteiger partial charge < -0.3 is 9.47 Å². The van der Waals surface area contributed by atoms with Crippen LogP contribution in [0.1, 0.15) is 44.6 Å². The van der Waals surface area contributed by atoms with Gasteiger partial charge in [-0.3, -0.25) is 0 Å². The summed E-state index contributed by atoms with van der Waals surface area (Å²) < 4.78 is 11.2. The van der Waals surface area contributed by atoms with Crippen LogP contribution in [0.4, 0.5) is 0 Å². The molecular weight excluding hydrogens is 200 g/mol. The van der Waals surface area contributed by atoms with Gasteiger partial charge in [0.15, 0.2) is 6.29 Å². The molecule has 0 bridgehead atoms. The summed E-state index contributed by atoms with van der Waals surface area (Å²) in [6, 6.07) is 8.47. The first-order chi connectivity index (χ1) is 7.81. The number of aryl methyl sites for hydroxylation is 1. The molecule has 1 aromatic carbocycles. The van der Waals surface area contributed by atoms with Crippen molar-refractivity contribution < 1.29 is 9.47 Å². The Morgan fingerprint density at radius 2 is 1.75 bits per heavy atom. The first-order valence-corrected chi connectivity index (χ1v) is 6.13. The Labute approximate surface area is 98.6 Å². The summed E-state index contributed by atoms with van der Waals surface area (Å²) in [4.78, 5) is 0. The molecule has 0 amide bonds. The highest BCUT2D eigenvalue weighted by Crippen LogP contribution is 2.20. The maximum Gasteiger partial charge on any atom is 0.183 e. The zero-order chi connectivity index (χ0) is 11.8. The van der Waals surface area contributed by atoms with Gasteiger partial charge in [0.25, 0.3) is 0 Å². The van der Waals surface area contributed by atoms with Crippen LogP contribution in [0, 0.1) is 0 Å². The number of ether oxygens (including phenoxy) is 2. The Bertz CT molecular complexity index is 291. The average molecular weight is 222 g/mol. The van der Waals surface area contributed by atoms with E-state index in [-0.39, 0.29) is 6.29 Å². The molecule has 0 spiro atoms. The smallest absolute Gasteiger partial charge is 0.183 e. The first kappa shape index (κ1) is 13.2. The van der Waals surface area contributed by atoms with Gasteiger partial charge in [-0.05, 0) is 25.8 Å². The molecule has 0 saturated carbocycles. The molecule has 0 heterocycles. The average Bonchev–Trinajstić information content (AvgIpc) is 2.30. The van der Waals surface area contributed by atoms with Crippen molar-refractivity contribution in [3.63, 3.8) is 0 Å². The van der Waals surface area contributed by atoms with Crippen LogP contribution in [0.3, 0.4) is 0 Å². The van der Waals surface area contributed by atoms with Crippen LogP contribution in [-0.2, 0) is 15.9 Å². The molecule has 2 nitrogen and oxygen atoms in total. The van der Waals surface area contributed by atoms with Gasteiger partial charge in [-0.25, -0.2) is 0 Å². The summed E-state index contributed by atoms with van der Waals surface area (Å²) in [6.45, 7) is 7.50. The summed E-state index contributed by atoms with van der Waals surface area (Å²) >= 11 is 0. The van der Waals surface area contributed by atoms with E-state index in [0.29, 0.717) is 13.2 Å². The highest BCUT2D eigenvalue weighted by Gasteiger charge is 2.10. The Morgan fingerprint density at radius 3 is 2.31 bits per heavy atom. The van der Waals surface area contributed by atoms with Gasteiger partial charge in [0, 0.05) is 18.8 Å². The predicted octanol–water partition coefficient (Wildman–Crippen LogP) is 3.71. The van der Waals surface area contributed by atoms with Gasteiger partial charge in [0.05, 0.1) is 0 Å². The molecule has 1 aromatic rings. The largest absolute Gasteiger partial charge is 0.349 e. The molecule has 1 rings (SSSR count). The molecule has 0 unspecified atom stereocenters. The number of hydrogen-bond donors (Lipinski definition) is 0. The summed E-state index contributed by atoms with van der Waals surface area (Å²) in [7, 11) is 0. The van der Waals surface area contributed by atoms with E-state index in [0.717, 1.165) is 18.4 Å². The molecule has 0 aliphatic rings. The second kappa shape index (κ2) is 7.42. The van der Waals surface area contributed by atoms with Crippen LogP contribution < -0.4 is 0 Å². The molecule has 90 valence electrons. The van der Waals surface area contributed by atoms with Crippen molar-refractivity contribution in [1.82, 2.24) is 0 Å². The van der Waals surface area contributed by atoms with Gasteiger partial charge >= 0.3 is 0 Å². The van der Waals surface area contributed by atoms with Crippen molar-refractivity contribution in [3.8, 4) is 0 Å². The molecule has 0 aliphatic heterocycles. The fourth-order valence-electron chi connectivity index (χ4n) is 1.73. The normalized spacial score (nSPS) is 11.0. The predicted molar refractivity (Wildman–Crippen MR) is 66.4 cm³/mol.